The molecule has 0 saturated carbocycles. The molecule has 82 valence electrons. The average molecular weight is 275 g/mol. The van der Waals surface area contributed by atoms with E-state index in [4.69, 9.17) is 9.47 Å². The first-order valence-corrected chi connectivity index (χ1v) is 5.71. The number of benzene rings is 1. The van der Waals surface area contributed by atoms with E-state index in [1.165, 1.54) is 6.92 Å². The maximum atomic E-state index is 13.2. The lowest BCUT2D eigenvalue weighted by Crippen LogP contribution is -1.97. The number of ether oxygens (including phenoxy) is 2. The molecule has 0 fully saturated rings. The third-order valence-electron chi connectivity index (χ3n) is 2.30. The zero-order valence-electron chi connectivity index (χ0n) is 8.43. The van der Waals surface area contributed by atoms with Crippen LogP contribution in [-0.4, -0.2) is 13.2 Å². The molecule has 0 radical (unpaired) electrons. The predicted octanol–water partition coefficient (Wildman–Crippen LogP) is 3.64. The number of hydrogen-bond donors (Lipinski definition) is 0. The first kappa shape index (κ1) is 10.7. The molecule has 1 atom stereocenters. The molecule has 1 aliphatic heterocycles. The average Bonchev–Trinajstić information content (AvgIpc) is 2.40. The Morgan fingerprint density at radius 3 is 2.47 bits per heavy atom. The van der Waals surface area contributed by atoms with E-state index in [0.29, 0.717) is 30.3 Å². The Hall–Kier alpha value is -0.770. The van der Waals surface area contributed by atoms with Crippen LogP contribution in [0.1, 0.15) is 25.1 Å². The quantitative estimate of drug-likeness (QED) is 0.779. The number of alkyl halides is 1. The normalized spacial score (nSPS) is 17.0. The lowest BCUT2D eigenvalue weighted by molar-refractivity contribution is 0.296. The standard InChI is InChI=1S/C11H12BrFO2/c1-7(13)8-5-10-11(6-9(8)12)15-4-2-3-14-10/h5-7H,2-4H2,1H3. The number of halogens is 2. The highest BCUT2D eigenvalue weighted by atomic mass is 79.9. The minimum Gasteiger partial charge on any atom is -0.490 e. The van der Waals surface area contributed by atoms with Crippen LogP contribution in [0.5, 0.6) is 11.5 Å². The molecule has 2 nitrogen and oxygen atoms in total. The second-order valence-electron chi connectivity index (χ2n) is 3.49. The summed E-state index contributed by atoms with van der Waals surface area (Å²) in [4.78, 5) is 0. The third kappa shape index (κ3) is 2.25. The molecular formula is C11H12BrFO2. The monoisotopic (exact) mass is 274 g/mol. The van der Waals surface area contributed by atoms with Crippen molar-refractivity contribution in [3.63, 3.8) is 0 Å². The SMILES string of the molecule is CC(F)c1cc2c(cc1Br)OCCCO2. The first-order valence-electron chi connectivity index (χ1n) is 4.91. The van der Waals surface area contributed by atoms with Crippen LogP contribution in [0.4, 0.5) is 4.39 Å². The van der Waals surface area contributed by atoms with Gasteiger partial charge in [0.15, 0.2) is 11.5 Å². The summed E-state index contributed by atoms with van der Waals surface area (Å²) < 4.78 is 24.9. The van der Waals surface area contributed by atoms with Gasteiger partial charge in [0.2, 0.25) is 0 Å². The summed E-state index contributed by atoms with van der Waals surface area (Å²) in [5.41, 5.74) is 0.597. The van der Waals surface area contributed by atoms with Crippen molar-refractivity contribution in [1.29, 1.82) is 0 Å². The lowest BCUT2D eigenvalue weighted by atomic mass is 10.1. The molecule has 1 unspecified atom stereocenters. The van der Waals surface area contributed by atoms with Crippen molar-refractivity contribution in [2.75, 3.05) is 13.2 Å². The van der Waals surface area contributed by atoms with E-state index in [9.17, 15) is 4.39 Å². The Morgan fingerprint density at radius 2 is 1.87 bits per heavy atom. The van der Waals surface area contributed by atoms with Crippen LogP contribution < -0.4 is 9.47 Å². The lowest BCUT2D eigenvalue weighted by Gasteiger charge is -2.12. The van der Waals surface area contributed by atoms with Gasteiger partial charge in [-0.1, -0.05) is 15.9 Å². The molecule has 0 N–H and O–H groups in total. The minimum absolute atomic E-state index is 0.597. The fraction of sp³-hybridized carbons (Fsp3) is 0.455. The highest BCUT2D eigenvalue weighted by Gasteiger charge is 2.16. The van der Waals surface area contributed by atoms with E-state index in [0.717, 1.165) is 10.9 Å². The molecule has 15 heavy (non-hydrogen) atoms. The van der Waals surface area contributed by atoms with Gasteiger partial charge in [0.25, 0.3) is 0 Å². The predicted molar refractivity (Wildman–Crippen MR) is 59.3 cm³/mol. The van der Waals surface area contributed by atoms with Crippen LogP contribution in [0.2, 0.25) is 0 Å². The summed E-state index contributed by atoms with van der Waals surface area (Å²) in [5.74, 6) is 1.32. The minimum atomic E-state index is -1.02. The van der Waals surface area contributed by atoms with E-state index >= 15 is 0 Å². The summed E-state index contributed by atoms with van der Waals surface area (Å²) in [6, 6.07) is 3.47. The van der Waals surface area contributed by atoms with Gasteiger partial charge in [-0.15, -0.1) is 0 Å². The van der Waals surface area contributed by atoms with Gasteiger partial charge in [0, 0.05) is 16.5 Å². The largest absolute Gasteiger partial charge is 0.490 e. The van der Waals surface area contributed by atoms with Crippen molar-refractivity contribution in [3.05, 3.63) is 22.2 Å². The van der Waals surface area contributed by atoms with Gasteiger partial charge < -0.3 is 9.47 Å². The van der Waals surface area contributed by atoms with E-state index in [2.05, 4.69) is 15.9 Å². The summed E-state index contributed by atoms with van der Waals surface area (Å²) >= 11 is 3.33. The maximum absolute atomic E-state index is 13.2. The van der Waals surface area contributed by atoms with Gasteiger partial charge in [-0.2, -0.15) is 0 Å². The molecule has 0 spiro atoms. The topological polar surface area (TPSA) is 18.5 Å². The summed E-state index contributed by atoms with van der Waals surface area (Å²) in [5, 5.41) is 0. The fourth-order valence-electron chi connectivity index (χ4n) is 1.50. The second-order valence-corrected chi connectivity index (χ2v) is 4.34. The van der Waals surface area contributed by atoms with Gasteiger partial charge in [-0.3, -0.25) is 0 Å². The highest BCUT2D eigenvalue weighted by molar-refractivity contribution is 9.10. The molecular weight excluding hydrogens is 263 g/mol. The van der Waals surface area contributed by atoms with Crippen LogP contribution in [-0.2, 0) is 0 Å². The van der Waals surface area contributed by atoms with Crippen molar-refractivity contribution >= 4 is 15.9 Å². The van der Waals surface area contributed by atoms with Crippen LogP contribution in [0, 0.1) is 0 Å². The van der Waals surface area contributed by atoms with Gasteiger partial charge in [0.1, 0.15) is 6.17 Å². The van der Waals surface area contributed by atoms with Gasteiger partial charge >= 0.3 is 0 Å². The Morgan fingerprint density at radius 1 is 1.27 bits per heavy atom. The molecule has 0 aromatic heterocycles. The van der Waals surface area contributed by atoms with Gasteiger partial charge in [-0.05, 0) is 19.1 Å². The smallest absolute Gasteiger partial charge is 0.162 e. The number of rotatable bonds is 1. The molecule has 1 aliphatic rings. The van der Waals surface area contributed by atoms with Crippen molar-refractivity contribution in [2.24, 2.45) is 0 Å². The number of hydrogen-bond acceptors (Lipinski definition) is 2. The second kappa shape index (κ2) is 4.39. The fourth-order valence-corrected chi connectivity index (χ4v) is 2.14. The van der Waals surface area contributed by atoms with E-state index in [1.54, 1.807) is 12.1 Å². The molecule has 2 rings (SSSR count). The van der Waals surface area contributed by atoms with E-state index in [1.807, 2.05) is 0 Å². The van der Waals surface area contributed by atoms with Crippen LogP contribution in [0.25, 0.3) is 0 Å². The first-order chi connectivity index (χ1) is 7.18. The molecule has 1 aromatic rings. The van der Waals surface area contributed by atoms with Gasteiger partial charge in [-0.25, -0.2) is 4.39 Å². The van der Waals surface area contributed by atoms with Gasteiger partial charge in [0.05, 0.1) is 13.2 Å². The van der Waals surface area contributed by atoms with E-state index < -0.39 is 6.17 Å². The Labute approximate surface area is 96.5 Å². The van der Waals surface area contributed by atoms with Crippen molar-refractivity contribution in [2.45, 2.75) is 19.5 Å². The summed E-state index contributed by atoms with van der Waals surface area (Å²) in [6.45, 7) is 2.77. The molecule has 0 aliphatic carbocycles. The summed E-state index contributed by atoms with van der Waals surface area (Å²) in [7, 11) is 0. The van der Waals surface area contributed by atoms with Crippen molar-refractivity contribution in [1.82, 2.24) is 0 Å². The number of fused-ring (bicyclic) bond motifs is 1. The highest BCUT2D eigenvalue weighted by Crippen LogP contribution is 2.38. The Kier molecular flexibility index (Phi) is 3.14. The molecule has 1 heterocycles. The molecule has 4 heteroatoms. The summed E-state index contributed by atoms with van der Waals surface area (Å²) in [6.07, 6.45) is -0.163. The van der Waals surface area contributed by atoms with Crippen LogP contribution in [0.3, 0.4) is 0 Å². The third-order valence-corrected chi connectivity index (χ3v) is 2.98. The molecule has 1 aromatic carbocycles. The zero-order chi connectivity index (χ0) is 10.8. The van der Waals surface area contributed by atoms with Crippen molar-refractivity contribution in [3.8, 4) is 11.5 Å². The zero-order valence-corrected chi connectivity index (χ0v) is 10.0. The van der Waals surface area contributed by atoms with E-state index in [-0.39, 0.29) is 0 Å². The van der Waals surface area contributed by atoms with Crippen LogP contribution >= 0.6 is 15.9 Å². The molecule has 0 amide bonds. The van der Waals surface area contributed by atoms with Crippen molar-refractivity contribution < 1.29 is 13.9 Å². The maximum Gasteiger partial charge on any atom is 0.162 e. The Bertz CT molecular complexity index is 366. The Balaban J connectivity index is 2.42. The van der Waals surface area contributed by atoms with Crippen LogP contribution in [0.15, 0.2) is 16.6 Å². The molecule has 0 bridgehead atoms. The molecule has 0 saturated heterocycles.